The first-order valence-corrected chi connectivity index (χ1v) is 23.6. The van der Waals surface area contributed by atoms with Gasteiger partial charge in [-0.1, -0.05) is 174 Å². The number of aliphatic hydroxyl groups excluding tert-OH is 2. The van der Waals surface area contributed by atoms with Crippen molar-refractivity contribution in [3.8, 4) is 0 Å². The third-order valence-corrected chi connectivity index (χ3v) is 10.6. The predicted molar refractivity (Wildman–Crippen MR) is 219 cm³/mol. The Morgan fingerprint density at radius 1 is 0.537 bits per heavy atom. The molecule has 0 aliphatic heterocycles. The molecule has 11 heteroatoms. The standard InChI is InChI=1S/C43H83O10P/c1-3-5-7-9-11-13-15-17-18-19-20-21-23-24-26-28-30-32-34-42(46)50-38-41(39-52-54(48,49)51-37-40(45)36-44)53-43(47)35-33-31-29-27-25-22-16-14-12-10-8-6-4-2/h22,25,40-41,44-45H,3-21,23-24,26-39H2,1-2H3,(H,48,49)/b25-22+/t40-,41+/m1/s1. The number of carbonyl (C=O) groups excluding carboxylic acids is 2. The zero-order valence-corrected chi connectivity index (χ0v) is 35.6. The van der Waals surface area contributed by atoms with Gasteiger partial charge < -0.3 is 24.6 Å². The maximum Gasteiger partial charge on any atom is 0.472 e. The summed E-state index contributed by atoms with van der Waals surface area (Å²) < 4.78 is 32.7. The van der Waals surface area contributed by atoms with Crippen molar-refractivity contribution in [3.05, 3.63) is 12.2 Å². The highest BCUT2D eigenvalue weighted by Gasteiger charge is 2.27. The molecule has 0 radical (unpaired) electrons. The molecule has 0 aromatic heterocycles. The lowest BCUT2D eigenvalue weighted by Gasteiger charge is -2.20. The van der Waals surface area contributed by atoms with E-state index in [0.717, 1.165) is 44.9 Å². The number of allylic oxidation sites excluding steroid dienone is 2. The number of rotatable bonds is 42. The number of phosphoric ester groups is 1. The molecule has 0 fully saturated rings. The fraction of sp³-hybridized carbons (Fsp3) is 0.907. The molecule has 0 aliphatic rings. The minimum absolute atomic E-state index is 0.168. The molecule has 3 N–H and O–H groups in total. The van der Waals surface area contributed by atoms with Crippen LogP contribution in [-0.4, -0.2) is 65.7 Å². The Kier molecular flexibility index (Phi) is 39.0. The number of hydrogen-bond donors (Lipinski definition) is 3. The zero-order valence-electron chi connectivity index (χ0n) is 34.7. The summed E-state index contributed by atoms with van der Waals surface area (Å²) in [6.07, 6.45) is 37.5. The second-order valence-electron chi connectivity index (χ2n) is 15.1. The molecule has 0 bridgehead atoms. The smallest absolute Gasteiger partial charge is 0.462 e. The predicted octanol–water partition coefficient (Wildman–Crippen LogP) is 11.6. The minimum Gasteiger partial charge on any atom is -0.462 e. The van der Waals surface area contributed by atoms with Crippen LogP contribution in [-0.2, 0) is 32.7 Å². The van der Waals surface area contributed by atoms with E-state index in [1.54, 1.807) is 0 Å². The fourth-order valence-corrected chi connectivity index (χ4v) is 7.01. The Morgan fingerprint density at radius 3 is 1.35 bits per heavy atom. The summed E-state index contributed by atoms with van der Waals surface area (Å²) in [6, 6.07) is 0. The summed E-state index contributed by atoms with van der Waals surface area (Å²) in [7, 11) is -4.61. The van der Waals surface area contributed by atoms with Crippen LogP contribution in [0.1, 0.15) is 213 Å². The van der Waals surface area contributed by atoms with Gasteiger partial charge in [0, 0.05) is 12.8 Å². The van der Waals surface area contributed by atoms with Gasteiger partial charge in [0.2, 0.25) is 0 Å². The molecule has 0 amide bonds. The number of carbonyl (C=O) groups is 2. The van der Waals surface area contributed by atoms with Gasteiger partial charge in [0.25, 0.3) is 0 Å². The van der Waals surface area contributed by atoms with Crippen molar-refractivity contribution in [1.82, 2.24) is 0 Å². The molecule has 1 unspecified atom stereocenters. The van der Waals surface area contributed by atoms with E-state index in [9.17, 15) is 24.2 Å². The molecule has 0 spiro atoms. The number of esters is 2. The van der Waals surface area contributed by atoms with E-state index in [1.165, 1.54) is 128 Å². The maximum atomic E-state index is 12.6. The van der Waals surface area contributed by atoms with Crippen molar-refractivity contribution in [1.29, 1.82) is 0 Å². The number of aliphatic hydroxyl groups is 2. The lowest BCUT2D eigenvalue weighted by Crippen LogP contribution is -2.29. The molecule has 0 rings (SSSR count). The summed E-state index contributed by atoms with van der Waals surface area (Å²) in [5.41, 5.74) is 0. The topological polar surface area (TPSA) is 149 Å². The first kappa shape index (κ1) is 52.7. The van der Waals surface area contributed by atoms with Crippen LogP contribution in [0.5, 0.6) is 0 Å². The second-order valence-corrected chi connectivity index (χ2v) is 16.5. The highest BCUT2D eigenvalue weighted by atomic mass is 31.2. The van der Waals surface area contributed by atoms with Crippen LogP contribution in [0.2, 0.25) is 0 Å². The van der Waals surface area contributed by atoms with Crippen LogP contribution in [0, 0.1) is 0 Å². The molecule has 3 atom stereocenters. The molecule has 0 saturated carbocycles. The zero-order chi connectivity index (χ0) is 39.8. The summed E-state index contributed by atoms with van der Waals surface area (Å²) in [5, 5.41) is 18.3. The van der Waals surface area contributed by atoms with Crippen molar-refractivity contribution >= 4 is 19.8 Å². The van der Waals surface area contributed by atoms with E-state index in [1.807, 2.05) is 0 Å². The molecular weight excluding hydrogens is 707 g/mol. The van der Waals surface area contributed by atoms with Crippen LogP contribution in [0.4, 0.5) is 0 Å². The van der Waals surface area contributed by atoms with Gasteiger partial charge in [0.1, 0.15) is 12.7 Å². The highest BCUT2D eigenvalue weighted by molar-refractivity contribution is 7.47. The third-order valence-electron chi connectivity index (χ3n) is 9.67. The first-order chi connectivity index (χ1) is 26.2. The first-order valence-electron chi connectivity index (χ1n) is 22.1. The van der Waals surface area contributed by atoms with Gasteiger partial charge in [-0.2, -0.15) is 0 Å². The van der Waals surface area contributed by atoms with Crippen molar-refractivity contribution in [2.24, 2.45) is 0 Å². The Bertz CT molecular complexity index is 915. The highest BCUT2D eigenvalue weighted by Crippen LogP contribution is 2.43. The SMILES string of the molecule is CCCCCCCC/C=C/CCCCCC(=O)O[C@@H](COC(=O)CCCCCCCCCCCCCCCCCCCC)COP(=O)(O)OC[C@H](O)CO. The lowest BCUT2D eigenvalue weighted by molar-refractivity contribution is -0.161. The van der Waals surface area contributed by atoms with Gasteiger partial charge in [0.15, 0.2) is 6.10 Å². The monoisotopic (exact) mass is 791 g/mol. The molecule has 320 valence electrons. The van der Waals surface area contributed by atoms with E-state index in [4.69, 9.17) is 19.1 Å². The fourth-order valence-electron chi connectivity index (χ4n) is 6.22. The second kappa shape index (κ2) is 39.9. The average molecular weight is 791 g/mol. The van der Waals surface area contributed by atoms with E-state index >= 15 is 0 Å². The molecule has 10 nitrogen and oxygen atoms in total. The number of hydrogen-bond acceptors (Lipinski definition) is 9. The normalized spacial score (nSPS) is 13.9. The number of unbranched alkanes of at least 4 members (excludes halogenated alkanes) is 26. The van der Waals surface area contributed by atoms with Crippen molar-refractivity contribution in [3.63, 3.8) is 0 Å². The van der Waals surface area contributed by atoms with E-state index < -0.39 is 51.8 Å². The van der Waals surface area contributed by atoms with Gasteiger partial charge in [-0.25, -0.2) is 4.57 Å². The molecule has 0 aromatic rings. The van der Waals surface area contributed by atoms with Gasteiger partial charge >= 0.3 is 19.8 Å². The average Bonchev–Trinajstić information content (AvgIpc) is 3.16. The molecule has 0 aromatic carbocycles. The summed E-state index contributed by atoms with van der Waals surface area (Å²) in [6.45, 7) is 2.38. The van der Waals surface area contributed by atoms with Crippen molar-refractivity contribution in [2.45, 2.75) is 225 Å². The van der Waals surface area contributed by atoms with E-state index in [-0.39, 0.29) is 19.4 Å². The van der Waals surface area contributed by atoms with Gasteiger partial charge in [-0.05, 0) is 38.5 Å². The van der Waals surface area contributed by atoms with Crippen LogP contribution in [0.15, 0.2) is 12.2 Å². The van der Waals surface area contributed by atoms with E-state index in [2.05, 4.69) is 30.5 Å². The molecular formula is C43H83O10P. The minimum atomic E-state index is -4.61. The van der Waals surface area contributed by atoms with E-state index in [0.29, 0.717) is 12.8 Å². The Hall–Kier alpha value is -1.29. The molecule has 0 aliphatic carbocycles. The summed E-state index contributed by atoms with van der Waals surface area (Å²) >= 11 is 0. The van der Waals surface area contributed by atoms with Crippen LogP contribution in [0.25, 0.3) is 0 Å². The largest absolute Gasteiger partial charge is 0.472 e. The Balaban J connectivity index is 4.24. The lowest BCUT2D eigenvalue weighted by atomic mass is 10.0. The maximum absolute atomic E-state index is 12.6. The molecule has 0 saturated heterocycles. The molecule has 0 heterocycles. The third kappa shape index (κ3) is 39.0. The Morgan fingerprint density at radius 2 is 0.907 bits per heavy atom. The van der Waals surface area contributed by atoms with Gasteiger partial charge in [0.05, 0.1) is 19.8 Å². The van der Waals surface area contributed by atoms with Crippen LogP contribution >= 0.6 is 7.82 Å². The van der Waals surface area contributed by atoms with Crippen molar-refractivity contribution in [2.75, 3.05) is 26.4 Å². The summed E-state index contributed by atoms with van der Waals surface area (Å²) in [5.74, 6) is -0.933. The Labute approximate surface area is 330 Å². The molecule has 54 heavy (non-hydrogen) atoms. The van der Waals surface area contributed by atoms with Gasteiger partial charge in [-0.3, -0.25) is 18.6 Å². The quantitative estimate of drug-likeness (QED) is 0.0236. The van der Waals surface area contributed by atoms with Gasteiger partial charge in [-0.15, -0.1) is 0 Å². The van der Waals surface area contributed by atoms with Crippen LogP contribution in [0.3, 0.4) is 0 Å². The number of phosphoric acid groups is 1. The van der Waals surface area contributed by atoms with Crippen molar-refractivity contribution < 1.29 is 47.8 Å². The van der Waals surface area contributed by atoms with Crippen LogP contribution < -0.4 is 0 Å². The number of ether oxygens (including phenoxy) is 2. The summed E-state index contributed by atoms with van der Waals surface area (Å²) in [4.78, 5) is 35.0.